The van der Waals surface area contributed by atoms with Gasteiger partial charge in [0.25, 0.3) is 0 Å². The summed E-state index contributed by atoms with van der Waals surface area (Å²) in [6.07, 6.45) is 3.56. The summed E-state index contributed by atoms with van der Waals surface area (Å²) < 4.78 is 6.49. The molecule has 1 atom stereocenters. The predicted octanol–water partition coefficient (Wildman–Crippen LogP) is 4.60. The smallest absolute Gasteiger partial charge is 0.137 e. The number of benzene rings is 1. The zero-order chi connectivity index (χ0) is 15.2. The normalized spacial score (nSPS) is 12.2. The summed E-state index contributed by atoms with van der Waals surface area (Å²) in [4.78, 5) is 4.26. The Balaban J connectivity index is 2.40. The van der Waals surface area contributed by atoms with Crippen molar-refractivity contribution < 1.29 is 4.74 Å². The highest BCUT2D eigenvalue weighted by Gasteiger charge is 2.17. The Hall–Kier alpha value is -1.10. The van der Waals surface area contributed by atoms with Crippen LogP contribution < -0.4 is 10.1 Å². The van der Waals surface area contributed by atoms with Crippen molar-refractivity contribution in [3.63, 3.8) is 0 Å². The maximum atomic E-state index is 6.39. The van der Waals surface area contributed by atoms with E-state index < -0.39 is 0 Å². The molecular weight excluding hydrogens is 352 g/mol. The Labute approximate surface area is 138 Å². The average Bonchev–Trinajstić information content (AvgIpc) is 2.46. The van der Waals surface area contributed by atoms with Crippen LogP contribution in [-0.2, 0) is 0 Å². The van der Waals surface area contributed by atoms with Crippen LogP contribution in [0.25, 0.3) is 0 Å². The number of ether oxygens (including phenoxy) is 1. The summed E-state index contributed by atoms with van der Waals surface area (Å²) in [7, 11) is 0. The Bertz CT molecular complexity index is 607. The summed E-state index contributed by atoms with van der Waals surface area (Å²) in [5, 5.41) is 4.17. The minimum atomic E-state index is -0.0106. The van der Waals surface area contributed by atoms with Crippen molar-refractivity contribution in [1.82, 2.24) is 10.3 Å². The molecule has 3 nitrogen and oxygen atoms in total. The molecule has 0 aliphatic carbocycles. The molecular formula is C16H18BrClN2O. The number of nitrogens with zero attached hydrogens (tertiary/aromatic N) is 1. The van der Waals surface area contributed by atoms with Crippen LogP contribution in [-0.4, -0.2) is 18.1 Å². The van der Waals surface area contributed by atoms with Crippen LogP contribution in [0.2, 0.25) is 5.02 Å². The first-order valence-corrected chi connectivity index (χ1v) is 8.08. The third kappa shape index (κ3) is 4.19. The molecule has 1 aromatic carbocycles. The van der Waals surface area contributed by atoms with Crippen LogP contribution in [0.3, 0.4) is 0 Å². The van der Waals surface area contributed by atoms with E-state index >= 15 is 0 Å². The molecule has 21 heavy (non-hydrogen) atoms. The third-order valence-corrected chi connectivity index (χ3v) is 3.88. The highest BCUT2D eigenvalue weighted by molar-refractivity contribution is 9.10. The van der Waals surface area contributed by atoms with Crippen LogP contribution in [0.4, 0.5) is 0 Å². The maximum Gasteiger partial charge on any atom is 0.137 e. The number of hydrogen-bond donors (Lipinski definition) is 1. The minimum absolute atomic E-state index is 0.0106. The third-order valence-electron chi connectivity index (χ3n) is 3.06. The van der Waals surface area contributed by atoms with E-state index in [9.17, 15) is 0 Å². The number of halogens is 2. The molecule has 1 N–H and O–H groups in total. The van der Waals surface area contributed by atoms with E-state index in [1.807, 2.05) is 37.4 Å². The second kappa shape index (κ2) is 7.78. The lowest BCUT2D eigenvalue weighted by Gasteiger charge is -2.20. The van der Waals surface area contributed by atoms with Gasteiger partial charge in [-0.2, -0.15) is 0 Å². The molecule has 112 valence electrons. The number of hydrogen-bond acceptors (Lipinski definition) is 3. The van der Waals surface area contributed by atoms with E-state index in [0.29, 0.717) is 6.61 Å². The van der Waals surface area contributed by atoms with E-state index in [2.05, 4.69) is 33.2 Å². The standard InChI is InChI=1S/C16H18BrClN2O/c1-3-20-16(14-6-5-12(17)8-15(14)18)11-7-13(21-4-2)10-19-9-11/h5-10,16,20H,3-4H2,1-2H3. The molecule has 0 aliphatic rings. The van der Waals surface area contributed by atoms with Crippen LogP contribution in [0.15, 0.2) is 41.1 Å². The number of rotatable bonds is 6. The maximum absolute atomic E-state index is 6.39. The highest BCUT2D eigenvalue weighted by atomic mass is 79.9. The Morgan fingerprint density at radius 3 is 2.76 bits per heavy atom. The van der Waals surface area contributed by atoms with Gasteiger partial charge < -0.3 is 10.1 Å². The Morgan fingerprint density at radius 2 is 2.10 bits per heavy atom. The lowest BCUT2D eigenvalue weighted by atomic mass is 10.00. The first-order valence-electron chi connectivity index (χ1n) is 6.91. The van der Waals surface area contributed by atoms with Gasteiger partial charge in [-0.05, 0) is 42.8 Å². The fourth-order valence-corrected chi connectivity index (χ4v) is 2.97. The lowest BCUT2D eigenvalue weighted by Crippen LogP contribution is -2.22. The SMILES string of the molecule is CCNC(c1cncc(OCC)c1)c1ccc(Br)cc1Cl. The van der Waals surface area contributed by atoms with Gasteiger partial charge in [0.1, 0.15) is 5.75 Å². The van der Waals surface area contributed by atoms with Gasteiger partial charge in [0, 0.05) is 15.7 Å². The molecule has 5 heteroatoms. The van der Waals surface area contributed by atoms with Crippen molar-refractivity contribution in [2.75, 3.05) is 13.2 Å². The summed E-state index contributed by atoms with van der Waals surface area (Å²) in [5.74, 6) is 0.770. The van der Waals surface area contributed by atoms with Gasteiger partial charge >= 0.3 is 0 Å². The van der Waals surface area contributed by atoms with Crippen molar-refractivity contribution in [3.8, 4) is 5.75 Å². The summed E-state index contributed by atoms with van der Waals surface area (Å²) in [6.45, 7) is 5.48. The fourth-order valence-electron chi connectivity index (χ4n) is 2.19. The van der Waals surface area contributed by atoms with Crippen LogP contribution in [0.5, 0.6) is 5.75 Å². The zero-order valence-electron chi connectivity index (χ0n) is 12.1. The van der Waals surface area contributed by atoms with E-state index in [1.54, 1.807) is 6.20 Å². The number of aromatic nitrogens is 1. The highest BCUT2D eigenvalue weighted by Crippen LogP contribution is 2.31. The topological polar surface area (TPSA) is 34.2 Å². The van der Waals surface area contributed by atoms with Gasteiger partial charge in [-0.1, -0.05) is 40.5 Å². The van der Waals surface area contributed by atoms with E-state index in [4.69, 9.17) is 16.3 Å². The second-order valence-corrected chi connectivity index (χ2v) is 5.87. The summed E-state index contributed by atoms with van der Waals surface area (Å²) in [5.41, 5.74) is 2.06. The molecule has 2 rings (SSSR count). The predicted molar refractivity (Wildman–Crippen MR) is 90.1 cm³/mol. The van der Waals surface area contributed by atoms with Crippen molar-refractivity contribution in [2.24, 2.45) is 0 Å². The molecule has 0 aliphatic heterocycles. The number of pyridine rings is 1. The van der Waals surface area contributed by atoms with Crippen molar-refractivity contribution >= 4 is 27.5 Å². The quantitative estimate of drug-likeness (QED) is 0.808. The van der Waals surface area contributed by atoms with Gasteiger partial charge in [0.15, 0.2) is 0 Å². The molecule has 0 amide bonds. The molecule has 0 saturated heterocycles. The average molecular weight is 370 g/mol. The molecule has 0 saturated carbocycles. The van der Waals surface area contributed by atoms with Gasteiger partial charge in [-0.15, -0.1) is 0 Å². The van der Waals surface area contributed by atoms with E-state index in [1.165, 1.54) is 0 Å². The molecule has 0 fully saturated rings. The van der Waals surface area contributed by atoms with Crippen molar-refractivity contribution in [1.29, 1.82) is 0 Å². The molecule has 1 aromatic heterocycles. The first kappa shape index (κ1) is 16.3. The summed E-state index contributed by atoms with van der Waals surface area (Å²) in [6, 6.07) is 7.91. The molecule has 1 heterocycles. The van der Waals surface area contributed by atoms with Gasteiger partial charge in [-0.25, -0.2) is 0 Å². The van der Waals surface area contributed by atoms with Gasteiger partial charge in [0.2, 0.25) is 0 Å². The Morgan fingerprint density at radius 1 is 1.29 bits per heavy atom. The van der Waals surface area contributed by atoms with Crippen molar-refractivity contribution in [3.05, 3.63) is 57.3 Å². The molecule has 1 unspecified atom stereocenters. The number of nitrogens with one attached hydrogen (secondary N) is 1. The molecule has 0 spiro atoms. The van der Waals surface area contributed by atoms with E-state index in [-0.39, 0.29) is 6.04 Å². The minimum Gasteiger partial charge on any atom is -0.492 e. The molecule has 0 radical (unpaired) electrons. The van der Waals surface area contributed by atoms with Crippen LogP contribution in [0, 0.1) is 0 Å². The van der Waals surface area contributed by atoms with E-state index in [0.717, 1.165) is 32.9 Å². The second-order valence-electron chi connectivity index (χ2n) is 4.54. The van der Waals surface area contributed by atoms with Crippen LogP contribution in [0.1, 0.15) is 31.0 Å². The Kier molecular flexibility index (Phi) is 6.03. The van der Waals surface area contributed by atoms with Gasteiger partial charge in [0.05, 0.1) is 18.8 Å². The molecule has 0 bridgehead atoms. The zero-order valence-corrected chi connectivity index (χ0v) is 14.4. The molecule has 2 aromatic rings. The van der Waals surface area contributed by atoms with Crippen LogP contribution >= 0.6 is 27.5 Å². The van der Waals surface area contributed by atoms with Crippen molar-refractivity contribution in [2.45, 2.75) is 19.9 Å². The lowest BCUT2D eigenvalue weighted by molar-refractivity contribution is 0.338. The first-order chi connectivity index (χ1) is 10.2. The van der Waals surface area contributed by atoms with Gasteiger partial charge in [-0.3, -0.25) is 4.98 Å². The fraction of sp³-hybridized carbons (Fsp3) is 0.312. The largest absolute Gasteiger partial charge is 0.492 e. The summed E-state index contributed by atoms with van der Waals surface area (Å²) >= 11 is 9.82. The monoisotopic (exact) mass is 368 g/mol.